The molecule has 1 unspecified atom stereocenters. The highest BCUT2D eigenvalue weighted by atomic mass is 16.5. The quantitative estimate of drug-likeness (QED) is 0.375. The van der Waals surface area contributed by atoms with Gasteiger partial charge < -0.3 is 4.74 Å². The van der Waals surface area contributed by atoms with Crippen LogP contribution in [0.3, 0.4) is 0 Å². The third-order valence-corrected chi connectivity index (χ3v) is 4.98. The molecule has 0 aromatic heterocycles. The molecule has 0 heterocycles. The maximum Gasteiger partial charge on any atom is 0.0679 e. The third-order valence-electron chi connectivity index (χ3n) is 4.98. The number of unbranched alkanes of at least 4 members (excludes halogenated alkanes) is 5. The summed E-state index contributed by atoms with van der Waals surface area (Å²) in [6, 6.07) is 0. The van der Waals surface area contributed by atoms with Crippen molar-refractivity contribution in [2.24, 2.45) is 5.41 Å². The fourth-order valence-electron chi connectivity index (χ4n) is 2.73. The van der Waals surface area contributed by atoms with Gasteiger partial charge in [0.25, 0.3) is 0 Å². The second-order valence-corrected chi connectivity index (χ2v) is 6.79. The first-order chi connectivity index (χ1) is 8.93. The van der Waals surface area contributed by atoms with Gasteiger partial charge in [0, 0.05) is 6.61 Å². The molecule has 116 valence electrons. The van der Waals surface area contributed by atoms with Gasteiger partial charge in [0.1, 0.15) is 0 Å². The van der Waals surface area contributed by atoms with Crippen molar-refractivity contribution >= 4 is 0 Å². The lowest BCUT2D eigenvalue weighted by Crippen LogP contribution is -2.43. The Morgan fingerprint density at radius 3 is 1.84 bits per heavy atom. The Kier molecular flexibility index (Phi) is 9.78. The molecule has 0 rings (SSSR count). The summed E-state index contributed by atoms with van der Waals surface area (Å²) in [5.41, 5.74) is 0.314. The zero-order chi connectivity index (χ0) is 14.8. The summed E-state index contributed by atoms with van der Waals surface area (Å²) in [4.78, 5) is 0. The Bertz CT molecular complexity index is 210. The summed E-state index contributed by atoms with van der Waals surface area (Å²) in [6.45, 7) is 14.6. The summed E-state index contributed by atoms with van der Waals surface area (Å²) in [5.74, 6) is 0. The van der Waals surface area contributed by atoms with Crippen LogP contribution in [0.2, 0.25) is 0 Å². The van der Waals surface area contributed by atoms with Crippen LogP contribution < -0.4 is 0 Å². The zero-order valence-electron chi connectivity index (χ0n) is 14.5. The van der Waals surface area contributed by atoms with Gasteiger partial charge >= 0.3 is 0 Å². The van der Waals surface area contributed by atoms with E-state index in [2.05, 4.69) is 41.5 Å². The maximum absolute atomic E-state index is 6.13. The maximum atomic E-state index is 6.13. The molecule has 1 heteroatoms. The van der Waals surface area contributed by atoms with Gasteiger partial charge in [-0.2, -0.15) is 0 Å². The topological polar surface area (TPSA) is 9.23 Å². The molecule has 19 heavy (non-hydrogen) atoms. The van der Waals surface area contributed by atoms with E-state index in [-0.39, 0.29) is 5.60 Å². The van der Waals surface area contributed by atoms with Crippen LogP contribution in [0.25, 0.3) is 0 Å². The highest BCUT2D eigenvalue weighted by Gasteiger charge is 2.39. The molecule has 0 saturated carbocycles. The van der Waals surface area contributed by atoms with E-state index in [1.807, 2.05) is 0 Å². The third kappa shape index (κ3) is 6.79. The fraction of sp³-hybridized carbons (Fsp3) is 1.00. The molecule has 0 aromatic rings. The molecular formula is C18H38O. The summed E-state index contributed by atoms with van der Waals surface area (Å²) >= 11 is 0. The molecule has 1 nitrogen and oxygen atoms in total. The van der Waals surface area contributed by atoms with Crippen molar-refractivity contribution in [3.63, 3.8) is 0 Å². The second-order valence-electron chi connectivity index (χ2n) is 6.79. The van der Waals surface area contributed by atoms with E-state index >= 15 is 0 Å². The predicted molar refractivity (Wildman–Crippen MR) is 86.7 cm³/mol. The van der Waals surface area contributed by atoms with Crippen LogP contribution in [0.5, 0.6) is 0 Å². The van der Waals surface area contributed by atoms with Crippen molar-refractivity contribution in [3.8, 4) is 0 Å². The fourth-order valence-corrected chi connectivity index (χ4v) is 2.73. The van der Waals surface area contributed by atoms with Gasteiger partial charge in [-0.15, -0.1) is 0 Å². The summed E-state index contributed by atoms with van der Waals surface area (Å²) in [5, 5.41) is 0. The molecule has 0 radical (unpaired) electrons. The average Bonchev–Trinajstić information content (AvgIpc) is 2.40. The van der Waals surface area contributed by atoms with Crippen LogP contribution in [0.1, 0.15) is 99.3 Å². The van der Waals surface area contributed by atoms with E-state index in [9.17, 15) is 0 Å². The number of hydrogen-bond acceptors (Lipinski definition) is 1. The highest BCUT2D eigenvalue weighted by molar-refractivity contribution is 4.90. The normalized spacial score (nSPS) is 15.5. The molecular weight excluding hydrogens is 232 g/mol. The van der Waals surface area contributed by atoms with Crippen molar-refractivity contribution in [3.05, 3.63) is 0 Å². The number of ether oxygens (including phenoxy) is 1. The molecule has 0 amide bonds. The van der Waals surface area contributed by atoms with Gasteiger partial charge in [0.05, 0.1) is 5.60 Å². The molecule has 0 aromatic carbocycles. The molecule has 0 aliphatic rings. The lowest BCUT2D eigenvalue weighted by atomic mass is 9.70. The van der Waals surface area contributed by atoms with Crippen LogP contribution in [-0.2, 0) is 4.74 Å². The Labute approximate surface area is 122 Å². The summed E-state index contributed by atoms with van der Waals surface area (Å²) < 4.78 is 6.13. The largest absolute Gasteiger partial charge is 0.375 e. The molecule has 0 N–H and O–H groups in total. The predicted octanol–water partition coefficient (Wildman–Crippen LogP) is 6.36. The van der Waals surface area contributed by atoms with Crippen molar-refractivity contribution in [2.45, 2.75) is 105 Å². The first kappa shape index (κ1) is 19.0. The Hall–Kier alpha value is -0.0400. The van der Waals surface area contributed by atoms with Crippen LogP contribution in [-0.4, -0.2) is 12.2 Å². The summed E-state index contributed by atoms with van der Waals surface area (Å²) in [6.07, 6.45) is 11.9. The first-order valence-corrected chi connectivity index (χ1v) is 8.57. The standard InChI is InChI=1S/C18H38O/c1-7-10-11-12-13-14-15-18(6,9-3)17(4,5)19-16-8-2/h7-16H2,1-6H3. The summed E-state index contributed by atoms with van der Waals surface area (Å²) in [7, 11) is 0. The molecule has 0 bridgehead atoms. The molecule has 0 spiro atoms. The van der Waals surface area contributed by atoms with Crippen LogP contribution in [0, 0.1) is 5.41 Å². The minimum Gasteiger partial charge on any atom is -0.375 e. The van der Waals surface area contributed by atoms with Gasteiger partial charge in [0.2, 0.25) is 0 Å². The van der Waals surface area contributed by atoms with Crippen molar-refractivity contribution in [1.29, 1.82) is 0 Å². The van der Waals surface area contributed by atoms with E-state index in [0.717, 1.165) is 13.0 Å². The Balaban J connectivity index is 4.13. The van der Waals surface area contributed by atoms with Gasteiger partial charge in [-0.25, -0.2) is 0 Å². The monoisotopic (exact) mass is 270 g/mol. The van der Waals surface area contributed by atoms with Gasteiger partial charge in [-0.1, -0.05) is 66.2 Å². The van der Waals surface area contributed by atoms with E-state index in [0.29, 0.717) is 5.41 Å². The lowest BCUT2D eigenvalue weighted by Gasteiger charge is -2.44. The molecule has 0 fully saturated rings. The van der Waals surface area contributed by atoms with Crippen LogP contribution >= 0.6 is 0 Å². The van der Waals surface area contributed by atoms with E-state index in [4.69, 9.17) is 4.74 Å². The van der Waals surface area contributed by atoms with Crippen molar-refractivity contribution in [1.82, 2.24) is 0 Å². The molecule has 1 atom stereocenters. The van der Waals surface area contributed by atoms with E-state index in [1.54, 1.807) is 0 Å². The average molecular weight is 271 g/mol. The van der Waals surface area contributed by atoms with Crippen LogP contribution in [0.4, 0.5) is 0 Å². The van der Waals surface area contributed by atoms with Crippen molar-refractivity contribution < 1.29 is 4.74 Å². The number of hydrogen-bond donors (Lipinski definition) is 0. The smallest absolute Gasteiger partial charge is 0.0679 e. The first-order valence-electron chi connectivity index (χ1n) is 8.57. The highest BCUT2D eigenvalue weighted by Crippen LogP contribution is 2.42. The Morgan fingerprint density at radius 2 is 1.32 bits per heavy atom. The van der Waals surface area contributed by atoms with Gasteiger partial charge in [0.15, 0.2) is 0 Å². The SMILES string of the molecule is CCCCCCCCC(C)(CC)C(C)(C)OCCC. The van der Waals surface area contributed by atoms with E-state index < -0.39 is 0 Å². The second kappa shape index (κ2) is 9.80. The molecule has 0 saturated heterocycles. The minimum absolute atomic E-state index is 0.00117. The minimum atomic E-state index is 0.00117. The van der Waals surface area contributed by atoms with Crippen molar-refractivity contribution in [2.75, 3.05) is 6.61 Å². The van der Waals surface area contributed by atoms with Gasteiger partial charge in [-0.05, 0) is 38.5 Å². The zero-order valence-corrected chi connectivity index (χ0v) is 14.5. The molecule has 0 aliphatic carbocycles. The van der Waals surface area contributed by atoms with Crippen LogP contribution in [0.15, 0.2) is 0 Å². The molecule has 0 aliphatic heterocycles. The van der Waals surface area contributed by atoms with Gasteiger partial charge in [-0.3, -0.25) is 0 Å². The van der Waals surface area contributed by atoms with E-state index in [1.165, 1.54) is 51.4 Å². The number of rotatable bonds is 12. The Morgan fingerprint density at radius 1 is 0.737 bits per heavy atom. The lowest BCUT2D eigenvalue weighted by molar-refractivity contribution is -0.110.